The van der Waals surface area contributed by atoms with Crippen LogP contribution in [0.1, 0.15) is 5.56 Å². The van der Waals surface area contributed by atoms with Crippen molar-refractivity contribution >= 4 is 29.3 Å². The lowest BCUT2D eigenvalue weighted by molar-refractivity contribution is -0.131. The average Bonchev–Trinajstić information content (AvgIpc) is 3.08. The Balaban J connectivity index is 1.52. The molecule has 0 aliphatic rings. The first-order chi connectivity index (χ1) is 13.9. The molecule has 0 saturated carbocycles. The number of anilines is 1. The first-order valence-electron chi connectivity index (χ1n) is 8.97. The minimum absolute atomic E-state index is 0.0195. The predicted molar refractivity (Wildman–Crippen MR) is 112 cm³/mol. The van der Waals surface area contributed by atoms with Gasteiger partial charge in [-0.05, 0) is 31.2 Å². The van der Waals surface area contributed by atoms with Crippen molar-refractivity contribution < 1.29 is 9.59 Å². The highest BCUT2D eigenvalue weighted by Crippen LogP contribution is 2.22. The van der Waals surface area contributed by atoms with E-state index in [4.69, 9.17) is 0 Å². The summed E-state index contributed by atoms with van der Waals surface area (Å²) in [5.74, 6) is 0.459. The standard InChI is InChI=1S/C20H22N6O2S/c1-14-4-6-16(7-5-14)22-17(27)12-25(2)18(28)13-29-20-24-23-19(26(20)3)15-8-10-21-11-9-15/h4-11H,12-13H2,1-3H3,(H,22,27). The number of nitrogens with one attached hydrogen (secondary N) is 1. The van der Waals surface area contributed by atoms with Crippen LogP contribution in [0.25, 0.3) is 11.4 Å². The molecule has 2 heterocycles. The number of amides is 2. The summed E-state index contributed by atoms with van der Waals surface area (Å²) in [6.07, 6.45) is 3.38. The lowest BCUT2D eigenvalue weighted by atomic mass is 10.2. The molecular formula is C20H22N6O2S. The van der Waals surface area contributed by atoms with E-state index in [1.165, 1.54) is 16.7 Å². The number of thioether (sulfide) groups is 1. The Bertz CT molecular complexity index is 988. The van der Waals surface area contributed by atoms with E-state index in [-0.39, 0.29) is 24.1 Å². The van der Waals surface area contributed by atoms with Gasteiger partial charge >= 0.3 is 0 Å². The monoisotopic (exact) mass is 410 g/mol. The summed E-state index contributed by atoms with van der Waals surface area (Å²) in [5.41, 5.74) is 2.72. The van der Waals surface area contributed by atoms with Crippen LogP contribution in [0.5, 0.6) is 0 Å². The molecular weight excluding hydrogens is 388 g/mol. The summed E-state index contributed by atoms with van der Waals surface area (Å²) in [6, 6.07) is 11.2. The minimum atomic E-state index is -0.242. The maximum Gasteiger partial charge on any atom is 0.243 e. The molecule has 0 unspecified atom stereocenters. The van der Waals surface area contributed by atoms with Crippen LogP contribution in [0.3, 0.4) is 0 Å². The fourth-order valence-electron chi connectivity index (χ4n) is 2.57. The summed E-state index contributed by atoms with van der Waals surface area (Å²) in [5, 5.41) is 11.8. The molecule has 2 aromatic heterocycles. The lowest BCUT2D eigenvalue weighted by Gasteiger charge is -2.16. The molecule has 0 radical (unpaired) electrons. The predicted octanol–water partition coefficient (Wildman–Crippen LogP) is 2.37. The Morgan fingerprint density at radius 3 is 2.48 bits per heavy atom. The van der Waals surface area contributed by atoms with Gasteiger partial charge in [-0.25, -0.2) is 0 Å². The number of hydrogen-bond acceptors (Lipinski definition) is 6. The third-order valence-corrected chi connectivity index (χ3v) is 5.25. The number of carbonyl (C=O) groups is 2. The first-order valence-corrected chi connectivity index (χ1v) is 9.95. The van der Waals surface area contributed by atoms with Gasteiger partial charge in [0, 0.05) is 37.7 Å². The number of benzene rings is 1. The highest BCUT2D eigenvalue weighted by Gasteiger charge is 2.16. The fourth-order valence-corrected chi connectivity index (χ4v) is 3.42. The molecule has 8 nitrogen and oxygen atoms in total. The number of hydrogen-bond donors (Lipinski definition) is 1. The van der Waals surface area contributed by atoms with Gasteiger partial charge in [-0.3, -0.25) is 14.6 Å². The van der Waals surface area contributed by atoms with Crippen molar-refractivity contribution in [1.29, 1.82) is 0 Å². The molecule has 0 aliphatic carbocycles. The second-order valence-corrected chi connectivity index (χ2v) is 7.50. The molecule has 29 heavy (non-hydrogen) atoms. The van der Waals surface area contributed by atoms with Crippen molar-refractivity contribution in [2.24, 2.45) is 7.05 Å². The maximum absolute atomic E-state index is 12.4. The number of aromatic nitrogens is 4. The Labute approximate surface area is 173 Å². The second kappa shape index (κ2) is 9.33. The molecule has 0 bridgehead atoms. The van der Waals surface area contributed by atoms with Crippen LogP contribution < -0.4 is 5.32 Å². The van der Waals surface area contributed by atoms with Gasteiger partial charge < -0.3 is 14.8 Å². The Morgan fingerprint density at radius 1 is 1.10 bits per heavy atom. The van der Waals surface area contributed by atoms with E-state index < -0.39 is 0 Å². The number of likely N-dealkylation sites (N-methyl/N-ethyl adjacent to an activating group) is 1. The molecule has 1 N–H and O–H groups in total. The van der Waals surface area contributed by atoms with Gasteiger partial charge in [-0.1, -0.05) is 29.5 Å². The van der Waals surface area contributed by atoms with Crippen LogP contribution in [-0.4, -0.2) is 55.8 Å². The largest absolute Gasteiger partial charge is 0.336 e. The van der Waals surface area contributed by atoms with Crippen LogP contribution >= 0.6 is 11.8 Å². The van der Waals surface area contributed by atoms with E-state index in [9.17, 15) is 9.59 Å². The smallest absolute Gasteiger partial charge is 0.243 e. The summed E-state index contributed by atoms with van der Waals surface area (Å²) in [4.78, 5) is 29.9. The van der Waals surface area contributed by atoms with Gasteiger partial charge in [0.2, 0.25) is 11.8 Å². The van der Waals surface area contributed by atoms with Crippen molar-refractivity contribution in [3.05, 3.63) is 54.4 Å². The van der Waals surface area contributed by atoms with Gasteiger partial charge in [-0.2, -0.15) is 0 Å². The number of aryl methyl sites for hydroxylation is 1. The molecule has 0 saturated heterocycles. The summed E-state index contributed by atoms with van der Waals surface area (Å²) < 4.78 is 1.83. The number of pyridine rings is 1. The van der Waals surface area contributed by atoms with E-state index in [2.05, 4.69) is 20.5 Å². The minimum Gasteiger partial charge on any atom is -0.336 e. The SMILES string of the molecule is Cc1ccc(NC(=O)CN(C)C(=O)CSc2nnc(-c3ccncc3)n2C)cc1. The van der Waals surface area contributed by atoms with Crippen LogP contribution in [-0.2, 0) is 16.6 Å². The topological polar surface area (TPSA) is 93.0 Å². The Hall–Kier alpha value is -3.20. The van der Waals surface area contributed by atoms with Crippen LogP contribution in [0.4, 0.5) is 5.69 Å². The van der Waals surface area contributed by atoms with Crippen LogP contribution in [0, 0.1) is 6.92 Å². The van der Waals surface area contributed by atoms with Crippen molar-refractivity contribution in [1.82, 2.24) is 24.6 Å². The maximum atomic E-state index is 12.4. The van der Waals surface area contributed by atoms with E-state index in [1.807, 2.05) is 54.9 Å². The molecule has 3 rings (SSSR count). The summed E-state index contributed by atoms with van der Waals surface area (Å²) in [7, 11) is 3.46. The van der Waals surface area contributed by atoms with Crippen molar-refractivity contribution in [2.45, 2.75) is 12.1 Å². The van der Waals surface area contributed by atoms with Crippen molar-refractivity contribution in [2.75, 3.05) is 24.7 Å². The molecule has 0 aliphatic heterocycles. The molecule has 0 atom stereocenters. The molecule has 150 valence electrons. The molecule has 1 aromatic carbocycles. The van der Waals surface area contributed by atoms with Gasteiger partial charge in [0.25, 0.3) is 0 Å². The first kappa shape index (κ1) is 20.5. The zero-order chi connectivity index (χ0) is 20.8. The Morgan fingerprint density at radius 2 is 1.79 bits per heavy atom. The van der Waals surface area contributed by atoms with Gasteiger partial charge in [0.15, 0.2) is 11.0 Å². The molecule has 3 aromatic rings. The highest BCUT2D eigenvalue weighted by molar-refractivity contribution is 7.99. The molecule has 9 heteroatoms. The second-order valence-electron chi connectivity index (χ2n) is 6.55. The average molecular weight is 411 g/mol. The van der Waals surface area contributed by atoms with Crippen LogP contribution in [0.15, 0.2) is 53.9 Å². The number of carbonyl (C=O) groups excluding carboxylic acids is 2. The van der Waals surface area contributed by atoms with Gasteiger partial charge in [0.1, 0.15) is 0 Å². The molecule has 0 fully saturated rings. The fraction of sp³-hybridized carbons (Fsp3) is 0.250. The normalized spacial score (nSPS) is 10.6. The number of rotatable bonds is 7. The van der Waals surface area contributed by atoms with E-state index in [0.29, 0.717) is 16.7 Å². The van der Waals surface area contributed by atoms with Gasteiger partial charge in [0.05, 0.1) is 12.3 Å². The Kier molecular flexibility index (Phi) is 6.61. The summed E-state index contributed by atoms with van der Waals surface area (Å²) >= 11 is 1.28. The third-order valence-electron chi connectivity index (χ3n) is 4.24. The summed E-state index contributed by atoms with van der Waals surface area (Å²) in [6.45, 7) is 1.96. The number of nitrogens with zero attached hydrogens (tertiary/aromatic N) is 5. The van der Waals surface area contributed by atoms with Gasteiger partial charge in [-0.15, -0.1) is 10.2 Å². The quantitative estimate of drug-likeness (QED) is 0.601. The molecule has 2 amide bonds. The van der Waals surface area contributed by atoms with E-state index in [1.54, 1.807) is 19.4 Å². The van der Waals surface area contributed by atoms with Crippen LogP contribution in [0.2, 0.25) is 0 Å². The highest BCUT2D eigenvalue weighted by atomic mass is 32.2. The zero-order valence-corrected chi connectivity index (χ0v) is 17.3. The van der Waals surface area contributed by atoms with E-state index in [0.717, 1.165) is 11.1 Å². The van der Waals surface area contributed by atoms with E-state index >= 15 is 0 Å². The van der Waals surface area contributed by atoms with Crippen molar-refractivity contribution in [3.8, 4) is 11.4 Å². The van der Waals surface area contributed by atoms with Crippen molar-refractivity contribution in [3.63, 3.8) is 0 Å². The molecule has 0 spiro atoms. The lowest BCUT2D eigenvalue weighted by Crippen LogP contribution is -2.36. The zero-order valence-electron chi connectivity index (χ0n) is 16.5. The third kappa shape index (κ3) is 5.41.